The maximum absolute atomic E-state index is 14.5. The number of fused-ring (bicyclic) bond motifs is 2. The molecule has 2 aromatic carbocycles. The van der Waals surface area contributed by atoms with Gasteiger partial charge in [-0.3, -0.25) is 9.59 Å². The zero-order valence-electron chi connectivity index (χ0n) is 19.9. The largest absolute Gasteiger partial charge is 0.495 e. The van der Waals surface area contributed by atoms with Gasteiger partial charge < -0.3 is 30.6 Å². The van der Waals surface area contributed by atoms with Crippen molar-refractivity contribution in [2.45, 2.75) is 13.3 Å². The Kier molecular flexibility index (Phi) is 5.88. The number of H-pyrrole nitrogens is 1. The number of nitrogens with zero attached hydrogens (tertiary/aromatic N) is 3. The molecule has 0 bridgehead atoms. The van der Waals surface area contributed by atoms with Gasteiger partial charge in [-0.25, -0.2) is 9.37 Å². The van der Waals surface area contributed by atoms with Crippen molar-refractivity contribution in [2.75, 3.05) is 36.2 Å². The smallest absolute Gasteiger partial charge is 0.256 e. The van der Waals surface area contributed by atoms with Crippen LogP contribution in [0.4, 0.5) is 33.2 Å². The molecule has 0 saturated heterocycles. The van der Waals surface area contributed by atoms with Gasteiger partial charge >= 0.3 is 0 Å². The van der Waals surface area contributed by atoms with Gasteiger partial charge in [0.2, 0.25) is 11.9 Å². The third kappa shape index (κ3) is 4.04. The second-order valence-corrected chi connectivity index (χ2v) is 8.23. The summed E-state index contributed by atoms with van der Waals surface area (Å²) in [5.41, 5.74) is 3.22. The minimum atomic E-state index is -0.657. The van der Waals surface area contributed by atoms with Gasteiger partial charge in [-0.1, -0.05) is 6.07 Å². The van der Waals surface area contributed by atoms with Crippen LogP contribution in [-0.4, -0.2) is 47.5 Å². The molecule has 5 rings (SSSR count). The van der Waals surface area contributed by atoms with Crippen LogP contribution < -0.4 is 25.6 Å². The van der Waals surface area contributed by atoms with E-state index >= 15 is 0 Å². The lowest BCUT2D eigenvalue weighted by Gasteiger charge is -2.19. The molecule has 4 N–H and O–H groups in total. The molecule has 0 spiro atoms. The van der Waals surface area contributed by atoms with E-state index in [1.807, 2.05) is 12.1 Å². The number of methoxy groups -OCH3 is 1. The highest BCUT2D eigenvalue weighted by Gasteiger charge is 2.25. The number of hydrogen-bond donors (Lipinski definition) is 4. The Bertz CT molecular complexity index is 1450. The number of aromatic nitrogens is 3. The molecule has 2 amide bonds. The molecule has 0 radical (unpaired) electrons. The van der Waals surface area contributed by atoms with E-state index in [4.69, 9.17) is 4.74 Å². The molecule has 184 valence electrons. The van der Waals surface area contributed by atoms with Crippen molar-refractivity contribution in [1.82, 2.24) is 20.3 Å². The number of ether oxygens (including phenoxy) is 1. The summed E-state index contributed by atoms with van der Waals surface area (Å²) < 4.78 is 20.1. The lowest BCUT2D eigenvalue weighted by atomic mass is 10.1. The third-order valence-electron chi connectivity index (χ3n) is 6.07. The van der Waals surface area contributed by atoms with E-state index in [-0.39, 0.29) is 17.2 Å². The van der Waals surface area contributed by atoms with Crippen LogP contribution in [-0.2, 0) is 11.2 Å². The first-order chi connectivity index (χ1) is 17.4. The molecule has 11 heteroatoms. The van der Waals surface area contributed by atoms with Crippen molar-refractivity contribution in [3.05, 3.63) is 59.5 Å². The number of nitrogens with one attached hydrogen (secondary N) is 4. The van der Waals surface area contributed by atoms with Crippen LogP contribution in [0.2, 0.25) is 0 Å². The normalized spacial score (nSPS) is 12.4. The number of anilines is 5. The molecule has 0 unspecified atom stereocenters. The van der Waals surface area contributed by atoms with Gasteiger partial charge in [-0.2, -0.15) is 4.98 Å². The molecule has 0 atom stereocenters. The number of carbonyl (C=O) groups excluding carboxylic acids is 2. The summed E-state index contributed by atoms with van der Waals surface area (Å²) in [6.07, 6.45) is 2.36. The number of aromatic amines is 1. The monoisotopic (exact) mass is 489 g/mol. The first-order valence-electron chi connectivity index (χ1n) is 11.3. The molecule has 36 heavy (non-hydrogen) atoms. The maximum atomic E-state index is 14.5. The first kappa shape index (κ1) is 23.1. The van der Waals surface area contributed by atoms with Crippen molar-refractivity contribution in [3.63, 3.8) is 0 Å². The van der Waals surface area contributed by atoms with Gasteiger partial charge in [0.25, 0.3) is 5.91 Å². The van der Waals surface area contributed by atoms with Crippen molar-refractivity contribution in [2.24, 2.45) is 0 Å². The molecule has 3 aliphatic rings. The highest BCUT2D eigenvalue weighted by Crippen LogP contribution is 2.39. The average molecular weight is 490 g/mol. The zero-order valence-corrected chi connectivity index (χ0v) is 19.9. The van der Waals surface area contributed by atoms with Crippen molar-refractivity contribution >= 4 is 40.6 Å². The second-order valence-electron chi connectivity index (χ2n) is 8.23. The summed E-state index contributed by atoms with van der Waals surface area (Å²) in [5, 5.41) is 8.75. The van der Waals surface area contributed by atoms with Crippen LogP contribution in [0.15, 0.2) is 42.6 Å². The van der Waals surface area contributed by atoms with Crippen molar-refractivity contribution < 1.29 is 18.7 Å². The number of amides is 2. The van der Waals surface area contributed by atoms with Crippen LogP contribution in [0.1, 0.15) is 22.8 Å². The Morgan fingerprint density at radius 3 is 2.75 bits per heavy atom. The van der Waals surface area contributed by atoms with Crippen LogP contribution in [0.3, 0.4) is 0 Å². The molecule has 0 fully saturated rings. The Morgan fingerprint density at radius 1 is 1.17 bits per heavy atom. The van der Waals surface area contributed by atoms with Crippen LogP contribution >= 0.6 is 0 Å². The van der Waals surface area contributed by atoms with E-state index in [2.05, 4.69) is 30.9 Å². The Hall–Kier alpha value is -4.67. The summed E-state index contributed by atoms with van der Waals surface area (Å²) in [6, 6.07) is 9.84. The third-order valence-corrected chi connectivity index (χ3v) is 6.07. The van der Waals surface area contributed by atoms with E-state index in [0.717, 1.165) is 17.7 Å². The fourth-order valence-corrected chi connectivity index (χ4v) is 4.34. The topological polar surface area (TPSA) is 124 Å². The van der Waals surface area contributed by atoms with Gasteiger partial charge in [-0.15, -0.1) is 0 Å². The predicted molar refractivity (Wildman–Crippen MR) is 134 cm³/mol. The van der Waals surface area contributed by atoms with Gasteiger partial charge in [0.05, 0.1) is 29.6 Å². The number of benzene rings is 2. The van der Waals surface area contributed by atoms with Gasteiger partial charge in [0.1, 0.15) is 23.2 Å². The lowest BCUT2D eigenvalue weighted by Crippen LogP contribution is -2.25. The summed E-state index contributed by atoms with van der Waals surface area (Å²) >= 11 is 0. The highest BCUT2D eigenvalue weighted by atomic mass is 19.1. The number of halogens is 1. The molecule has 0 aromatic heterocycles. The van der Waals surface area contributed by atoms with Crippen LogP contribution in [0.25, 0.3) is 11.4 Å². The van der Waals surface area contributed by atoms with Gasteiger partial charge in [0, 0.05) is 32.4 Å². The SMILES string of the molecule is CNC(=O)c1c(F)cccc1Nc1nc(Nc2cc3c(cc2OC)CCN3C(C)=O)[nH]c2nccc1-2. The van der Waals surface area contributed by atoms with Crippen molar-refractivity contribution in [1.29, 1.82) is 0 Å². The fraction of sp³-hybridized carbons (Fsp3) is 0.200. The van der Waals surface area contributed by atoms with E-state index in [0.29, 0.717) is 41.1 Å². The Balaban J connectivity index is 1.55. The summed E-state index contributed by atoms with van der Waals surface area (Å²) in [6.45, 7) is 2.15. The van der Waals surface area contributed by atoms with E-state index in [9.17, 15) is 14.0 Å². The standard InChI is InChI=1S/C25H24FN7O3/c1-13(34)33-10-8-14-11-20(36-3)18(12-19(14)33)30-25-31-22-15(7-9-28-22)23(32-25)29-17-6-4-5-16(26)21(17)24(35)27-2/h4-7,9,11-12H,8,10H2,1-3H3,(H,27,35)(H3,28,29,30,31,32). The van der Waals surface area contributed by atoms with Gasteiger partial charge in [-0.05, 0) is 42.3 Å². The number of hydrogen-bond acceptors (Lipinski definition) is 7. The maximum Gasteiger partial charge on any atom is 0.256 e. The second kappa shape index (κ2) is 9.17. The molecule has 3 heterocycles. The molecule has 3 aliphatic heterocycles. The summed E-state index contributed by atoms with van der Waals surface area (Å²) in [5.74, 6) is 0.550. The highest BCUT2D eigenvalue weighted by molar-refractivity contribution is 6.01. The summed E-state index contributed by atoms with van der Waals surface area (Å²) in [7, 11) is 3.01. The minimum Gasteiger partial charge on any atom is -0.495 e. The van der Waals surface area contributed by atoms with Gasteiger partial charge in [0.15, 0.2) is 0 Å². The van der Waals surface area contributed by atoms with Crippen LogP contribution in [0, 0.1) is 5.82 Å². The van der Waals surface area contributed by atoms with E-state index in [1.165, 1.54) is 26.1 Å². The molecule has 0 aliphatic carbocycles. The Morgan fingerprint density at radius 2 is 2.00 bits per heavy atom. The zero-order chi connectivity index (χ0) is 25.4. The Labute approximate surface area is 206 Å². The lowest BCUT2D eigenvalue weighted by molar-refractivity contribution is -0.116. The first-order valence-corrected chi connectivity index (χ1v) is 11.3. The molecular weight excluding hydrogens is 465 g/mol. The molecular formula is C25H24FN7O3. The molecule has 10 nitrogen and oxygen atoms in total. The summed E-state index contributed by atoms with van der Waals surface area (Å²) in [4.78, 5) is 38.2. The average Bonchev–Trinajstić information content (AvgIpc) is 3.50. The predicted octanol–water partition coefficient (Wildman–Crippen LogP) is 3.81. The fourth-order valence-electron chi connectivity index (χ4n) is 4.34. The number of rotatable bonds is 6. The van der Waals surface area contributed by atoms with E-state index < -0.39 is 11.7 Å². The minimum absolute atomic E-state index is 0.0366. The molecule has 2 aromatic rings. The molecule has 0 saturated carbocycles. The van der Waals surface area contributed by atoms with Crippen LogP contribution in [0.5, 0.6) is 5.75 Å². The van der Waals surface area contributed by atoms with Crippen molar-refractivity contribution in [3.8, 4) is 17.1 Å². The quantitative estimate of drug-likeness (QED) is 0.325. The number of carbonyl (C=O) groups is 2. The van der Waals surface area contributed by atoms with E-state index in [1.54, 1.807) is 30.3 Å².